The van der Waals surface area contributed by atoms with E-state index in [-0.39, 0.29) is 25.4 Å². The zero-order valence-corrected chi connectivity index (χ0v) is 16.3. The van der Waals surface area contributed by atoms with E-state index in [0.29, 0.717) is 18.1 Å². The minimum absolute atomic E-state index is 0.0515. The molecule has 30 heavy (non-hydrogen) atoms. The van der Waals surface area contributed by atoms with Gasteiger partial charge in [-0.25, -0.2) is 4.79 Å². The third kappa shape index (κ3) is 4.76. The Kier molecular flexibility index (Phi) is 6.65. The summed E-state index contributed by atoms with van der Waals surface area (Å²) in [5.41, 5.74) is -1.16. The predicted molar refractivity (Wildman–Crippen MR) is 105 cm³/mol. The Labute approximate surface area is 172 Å². The fraction of sp³-hybridized carbons (Fsp3) is 0.286. The maximum atomic E-state index is 12.5. The highest BCUT2D eigenvalue weighted by atomic mass is 16.5. The van der Waals surface area contributed by atoms with Crippen molar-refractivity contribution in [2.45, 2.75) is 25.6 Å². The van der Waals surface area contributed by atoms with Gasteiger partial charge in [-0.15, -0.1) is 0 Å². The standard InChI is InChI=1S/C21H22N2O7/c1-2-28-12-11-21(18(25)22-20(27)23-19(21)26)30-17-9-7-16(8-10-17)29-15-5-3-14(13-24)4-6-15/h3-10,24H,2,11-13H2,1H3,(H2,22,23,25,26,27). The van der Waals surface area contributed by atoms with Crippen LogP contribution in [0, 0.1) is 0 Å². The summed E-state index contributed by atoms with van der Waals surface area (Å²) in [6.07, 6.45) is -0.0682. The minimum Gasteiger partial charge on any atom is -0.467 e. The molecule has 1 saturated heterocycles. The summed E-state index contributed by atoms with van der Waals surface area (Å²) in [5.74, 6) is -0.358. The molecule has 1 heterocycles. The van der Waals surface area contributed by atoms with Crippen LogP contribution in [0.15, 0.2) is 48.5 Å². The number of barbiturate groups is 1. The van der Waals surface area contributed by atoms with Gasteiger partial charge in [0.1, 0.15) is 17.2 Å². The summed E-state index contributed by atoms with van der Waals surface area (Å²) in [5, 5.41) is 13.2. The molecule has 0 aliphatic carbocycles. The summed E-state index contributed by atoms with van der Waals surface area (Å²) in [4.78, 5) is 36.4. The Morgan fingerprint density at radius 2 is 1.40 bits per heavy atom. The van der Waals surface area contributed by atoms with E-state index < -0.39 is 23.4 Å². The van der Waals surface area contributed by atoms with Crippen LogP contribution in [0.5, 0.6) is 17.2 Å². The van der Waals surface area contributed by atoms with Gasteiger partial charge >= 0.3 is 6.03 Å². The Morgan fingerprint density at radius 1 is 0.867 bits per heavy atom. The number of rotatable bonds is 9. The predicted octanol–water partition coefficient (Wildman–Crippen LogP) is 1.88. The smallest absolute Gasteiger partial charge is 0.328 e. The summed E-state index contributed by atoms with van der Waals surface area (Å²) in [7, 11) is 0. The van der Waals surface area contributed by atoms with Gasteiger partial charge in [-0.2, -0.15) is 0 Å². The number of carbonyl (C=O) groups excluding carboxylic acids is 3. The second-order valence-corrected chi connectivity index (χ2v) is 6.49. The molecule has 0 spiro atoms. The van der Waals surface area contributed by atoms with Crippen molar-refractivity contribution in [1.82, 2.24) is 10.6 Å². The Morgan fingerprint density at radius 3 is 1.93 bits per heavy atom. The van der Waals surface area contributed by atoms with E-state index in [9.17, 15) is 14.4 Å². The van der Waals surface area contributed by atoms with Gasteiger partial charge in [-0.3, -0.25) is 20.2 Å². The fourth-order valence-electron chi connectivity index (χ4n) is 2.85. The topological polar surface area (TPSA) is 123 Å². The van der Waals surface area contributed by atoms with Gasteiger partial charge in [0.2, 0.25) is 0 Å². The van der Waals surface area contributed by atoms with Crippen LogP contribution in [0.3, 0.4) is 0 Å². The number of carbonyl (C=O) groups is 3. The summed E-state index contributed by atoms with van der Waals surface area (Å²) in [6, 6.07) is 12.4. The average Bonchev–Trinajstić information content (AvgIpc) is 2.74. The van der Waals surface area contributed by atoms with Crippen molar-refractivity contribution < 1.29 is 33.7 Å². The highest BCUT2D eigenvalue weighted by molar-refractivity contribution is 6.21. The number of aliphatic hydroxyl groups excluding tert-OH is 1. The van der Waals surface area contributed by atoms with Gasteiger partial charge in [0.15, 0.2) is 0 Å². The van der Waals surface area contributed by atoms with Crippen molar-refractivity contribution in [2.75, 3.05) is 13.2 Å². The van der Waals surface area contributed by atoms with Crippen LogP contribution >= 0.6 is 0 Å². The number of ether oxygens (including phenoxy) is 3. The number of nitrogens with one attached hydrogen (secondary N) is 2. The average molecular weight is 414 g/mol. The minimum atomic E-state index is -1.93. The molecule has 2 aromatic rings. The monoisotopic (exact) mass is 414 g/mol. The molecule has 3 rings (SSSR count). The van der Waals surface area contributed by atoms with E-state index in [0.717, 1.165) is 5.56 Å². The molecule has 0 aromatic heterocycles. The van der Waals surface area contributed by atoms with Gasteiger partial charge in [-0.05, 0) is 48.9 Å². The lowest BCUT2D eigenvalue weighted by Gasteiger charge is -2.34. The third-order valence-corrected chi connectivity index (χ3v) is 4.45. The van der Waals surface area contributed by atoms with Crippen LogP contribution in [0.2, 0.25) is 0 Å². The first-order chi connectivity index (χ1) is 14.5. The molecule has 1 aliphatic heterocycles. The maximum Gasteiger partial charge on any atom is 0.328 e. The van der Waals surface area contributed by atoms with Crippen LogP contribution in [0.1, 0.15) is 18.9 Å². The molecule has 158 valence electrons. The van der Waals surface area contributed by atoms with E-state index >= 15 is 0 Å². The van der Waals surface area contributed by atoms with Gasteiger partial charge in [0.05, 0.1) is 13.2 Å². The molecular weight excluding hydrogens is 392 g/mol. The molecule has 1 aliphatic rings. The van der Waals surface area contributed by atoms with Crippen molar-refractivity contribution in [3.63, 3.8) is 0 Å². The molecule has 1 fully saturated rings. The van der Waals surface area contributed by atoms with E-state index in [4.69, 9.17) is 19.3 Å². The highest BCUT2D eigenvalue weighted by Crippen LogP contribution is 2.28. The van der Waals surface area contributed by atoms with E-state index in [1.807, 2.05) is 0 Å². The zero-order valence-electron chi connectivity index (χ0n) is 16.3. The van der Waals surface area contributed by atoms with Crippen LogP contribution < -0.4 is 20.1 Å². The van der Waals surface area contributed by atoms with Crippen LogP contribution in [-0.2, 0) is 20.9 Å². The van der Waals surface area contributed by atoms with Gasteiger partial charge in [-0.1, -0.05) is 12.1 Å². The van der Waals surface area contributed by atoms with Crippen molar-refractivity contribution in [3.8, 4) is 17.2 Å². The van der Waals surface area contributed by atoms with Crippen LogP contribution in [0.25, 0.3) is 0 Å². The lowest BCUT2D eigenvalue weighted by Crippen LogP contribution is -2.69. The van der Waals surface area contributed by atoms with Gasteiger partial charge < -0.3 is 19.3 Å². The molecule has 2 aromatic carbocycles. The summed E-state index contributed by atoms with van der Waals surface area (Å²) >= 11 is 0. The number of aliphatic hydroxyl groups is 1. The van der Waals surface area contributed by atoms with Crippen LogP contribution in [-0.4, -0.2) is 41.8 Å². The molecule has 9 nitrogen and oxygen atoms in total. The highest BCUT2D eigenvalue weighted by Gasteiger charge is 2.52. The first-order valence-corrected chi connectivity index (χ1v) is 9.38. The zero-order chi connectivity index (χ0) is 21.6. The molecule has 4 amide bonds. The molecule has 0 unspecified atom stereocenters. The van der Waals surface area contributed by atoms with Crippen molar-refractivity contribution in [3.05, 3.63) is 54.1 Å². The molecule has 0 atom stereocenters. The number of amides is 4. The normalized spacial score (nSPS) is 15.3. The largest absolute Gasteiger partial charge is 0.467 e. The van der Waals surface area contributed by atoms with E-state index in [1.54, 1.807) is 55.5 Å². The summed E-state index contributed by atoms with van der Waals surface area (Å²) < 4.78 is 16.7. The SMILES string of the molecule is CCOCCC1(Oc2ccc(Oc3ccc(CO)cc3)cc2)C(=O)NC(=O)NC1=O. The number of urea groups is 1. The number of imide groups is 2. The Hall–Kier alpha value is -3.43. The number of hydrogen-bond acceptors (Lipinski definition) is 7. The molecule has 3 N–H and O–H groups in total. The molecular formula is C21H22N2O7. The number of benzene rings is 2. The van der Waals surface area contributed by atoms with Crippen molar-refractivity contribution >= 4 is 17.8 Å². The van der Waals surface area contributed by atoms with E-state index in [2.05, 4.69) is 10.6 Å². The van der Waals surface area contributed by atoms with Gasteiger partial charge in [0.25, 0.3) is 17.4 Å². The molecule has 0 radical (unpaired) electrons. The lowest BCUT2D eigenvalue weighted by molar-refractivity contribution is -0.153. The first-order valence-electron chi connectivity index (χ1n) is 9.38. The maximum absolute atomic E-state index is 12.5. The van der Waals surface area contributed by atoms with E-state index in [1.165, 1.54) is 0 Å². The number of hydrogen-bond donors (Lipinski definition) is 3. The fourth-order valence-corrected chi connectivity index (χ4v) is 2.85. The molecule has 9 heteroatoms. The molecule has 0 bridgehead atoms. The lowest BCUT2D eigenvalue weighted by atomic mass is 9.95. The van der Waals surface area contributed by atoms with Gasteiger partial charge in [0, 0.05) is 13.0 Å². The first kappa shape index (κ1) is 21.3. The summed E-state index contributed by atoms with van der Waals surface area (Å²) in [6.45, 7) is 2.23. The van der Waals surface area contributed by atoms with Crippen molar-refractivity contribution in [1.29, 1.82) is 0 Å². The second-order valence-electron chi connectivity index (χ2n) is 6.49. The van der Waals surface area contributed by atoms with Crippen molar-refractivity contribution in [2.24, 2.45) is 0 Å². The van der Waals surface area contributed by atoms with Crippen LogP contribution in [0.4, 0.5) is 4.79 Å². The Bertz CT molecular complexity index is 890. The molecule has 0 saturated carbocycles. The quantitative estimate of drug-likeness (QED) is 0.423. The third-order valence-electron chi connectivity index (χ3n) is 4.45. The Balaban J connectivity index is 1.75. The second kappa shape index (κ2) is 9.38.